The molecule has 0 aliphatic heterocycles. The molecule has 0 radical (unpaired) electrons. The lowest BCUT2D eigenvalue weighted by Gasteiger charge is -2.16. The van der Waals surface area contributed by atoms with Crippen molar-refractivity contribution in [3.05, 3.63) is 84.1 Å². The molecule has 0 bridgehead atoms. The highest BCUT2D eigenvalue weighted by atomic mass is 16.5. The molecule has 0 saturated carbocycles. The quantitative estimate of drug-likeness (QED) is 0.0672. The van der Waals surface area contributed by atoms with E-state index in [1.807, 2.05) is 61.0 Å². The van der Waals surface area contributed by atoms with Crippen LogP contribution in [0.5, 0.6) is 5.75 Å². The van der Waals surface area contributed by atoms with E-state index >= 15 is 0 Å². The number of aromatic nitrogens is 5. The second-order valence-electron chi connectivity index (χ2n) is 12.1. The van der Waals surface area contributed by atoms with Gasteiger partial charge in [0.25, 0.3) is 5.91 Å². The first-order valence-corrected chi connectivity index (χ1v) is 17.8. The fraction of sp³-hybridized carbons (Fsp3) is 0.474. The zero-order chi connectivity index (χ0) is 36.8. The maximum Gasteiger partial charge on any atom is 0.305 e. The normalized spacial score (nSPS) is 11.6. The number of methoxy groups -OCH3 is 1. The molecule has 2 heterocycles. The Morgan fingerprint density at radius 2 is 1.56 bits per heavy atom. The van der Waals surface area contributed by atoms with Gasteiger partial charge in [0.2, 0.25) is 0 Å². The molecule has 280 valence electrons. The van der Waals surface area contributed by atoms with Crippen molar-refractivity contribution in [1.29, 1.82) is 0 Å². The number of hydrogen-bond donors (Lipinski definition) is 2. The average molecular weight is 718 g/mol. The van der Waals surface area contributed by atoms with Gasteiger partial charge in [0.15, 0.2) is 11.6 Å². The minimum absolute atomic E-state index is 0.168. The fourth-order valence-electron chi connectivity index (χ4n) is 5.16. The molecule has 52 heavy (non-hydrogen) atoms. The molecule has 0 spiro atoms. The van der Waals surface area contributed by atoms with Crippen LogP contribution < -0.4 is 15.4 Å². The molecule has 1 amide bonds. The van der Waals surface area contributed by atoms with Crippen LogP contribution in [0.25, 0.3) is 11.5 Å². The summed E-state index contributed by atoms with van der Waals surface area (Å²) >= 11 is 0. The first-order chi connectivity index (χ1) is 25.4. The van der Waals surface area contributed by atoms with Gasteiger partial charge in [0.1, 0.15) is 17.8 Å². The van der Waals surface area contributed by atoms with Crippen molar-refractivity contribution in [2.24, 2.45) is 7.05 Å². The van der Waals surface area contributed by atoms with E-state index in [1.54, 1.807) is 18.3 Å². The van der Waals surface area contributed by atoms with Crippen molar-refractivity contribution < 1.29 is 33.3 Å². The molecular formula is C38H51N7O7. The minimum atomic E-state index is -0.220. The molecule has 2 aromatic carbocycles. The molecule has 0 saturated heterocycles. The maximum absolute atomic E-state index is 13.2. The van der Waals surface area contributed by atoms with Crippen LogP contribution in [0.2, 0.25) is 0 Å². The molecule has 2 N–H and O–H groups in total. The Morgan fingerprint density at radius 3 is 2.31 bits per heavy atom. The summed E-state index contributed by atoms with van der Waals surface area (Å²) in [6.07, 6.45) is 8.21. The average Bonchev–Trinajstić information content (AvgIpc) is 3.55. The lowest BCUT2D eigenvalue weighted by molar-refractivity contribution is -0.141. The number of hydrogen-bond acceptors (Lipinski definition) is 12. The highest BCUT2D eigenvalue weighted by molar-refractivity contribution is 5.95. The lowest BCUT2D eigenvalue weighted by Crippen LogP contribution is -2.26. The molecule has 0 unspecified atom stereocenters. The van der Waals surface area contributed by atoms with Gasteiger partial charge in [0, 0.05) is 44.1 Å². The molecule has 14 heteroatoms. The maximum atomic E-state index is 13.2. The lowest BCUT2D eigenvalue weighted by atomic mass is 10.1. The van der Waals surface area contributed by atoms with E-state index in [-0.39, 0.29) is 17.9 Å². The summed E-state index contributed by atoms with van der Waals surface area (Å²) in [6.45, 7) is 6.33. The van der Waals surface area contributed by atoms with E-state index in [4.69, 9.17) is 18.9 Å². The fourth-order valence-corrected chi connectivity index (χ4v) is 5.16. The zero-order valence-electron chi connectivity index (χ0n) is 30.4. The SMILES string of the molecule is COC(=O)CCCOCCOCCOCCCCCCOc1cccc([C@H](C)NC(=O)c2cccc(NCc3nnc(-c4ccncn4)n3C)c2)c1. The van der Waals surface area contributed by atoms with Crippen molar-refractivity contribution in [2.75, 3.05) is 58.7 Å². The number of amides is 1. The summed E-state index contributed by atoms with van der Waals surface area (Å²) in [5.41, 5.74) is 3.00. The van der Waals surface area contributed by atoms with Crippen LogP contribution in [0.3, 0.4) is 0 Å². The summed E-state index contributed by atoms with van der Waals surface area (Å²) in [6, 6.07) is 16.8. The summed E-state index contributed by atoms with van der Waals surface area (Å²) in [4.78, 5) is 32.4. The van der Waals surface area contributed by atoms with Crippen molar-refractivity contribution in [3.63, 3.8) is 0 Å². The molecule has 0 aliphatic rings. The highest BCUT2D eigenvalue weighted by Gasteiger charge is 2.14. The number of unbranched alkanes of at least 4 members (excludes halogenated alkanes) is 3. The number of anilines is 1. The van der Waals surface area contributed by atoms with E-state index in [9.17, 15) is 9.59 Å². The van der Waals surface area contributed by atoms with Crippen LogP contribution in [-0.4, -0.2) is 90.0 Å². The number of esters is 1. The van der Waals surface area contributed by atoms with Gasteiger partial charge in [-0.25, -0.2) is 9.97 Å². The van der Waals surface area contributed by atoms with Gasteiger partial charge in [-0.1, -0.05) is 24.6 Å². The monoisotopic (exact) mass is 717 g/mol. The first-order valence-electron chi connectivity index (χ1n) is 17.8. The summed E-state index contributed by atoms with van der Waals surface area (Å²) < 4.78 is 29.0. The number of carbonyl (C=O) groups is 2. The van der Waals surface area contributed by atoms with Crippen LogP contribution in [0.4, 0.5) is 5.69 Å². The molecule has 0 aliphatic carbocycles. The second kappa shape index (κ2) is 22.8. The molecule has 4 aromatic rings. The molecule has 14 nitrogen and oxygen atoms in total. The van der Waals surface area contributed by atoms with Crippen molar-refractivity contribution >= 4 is 17.6 Å². The van der Waals surface area contributed by atoms with E-state index < -0.39 is 0 Å². The summed E-state index contributed by atoms with van der Waals surface area (Å²) in [5.74, 6) is 1.78. The van der Waals surface area contributed by atoms with Gasteiger partial charge in [-0.2, -0.15) is 0 Å². The van der Waals surface area contributed by atoms with Crippen LogP contribution >= 0.6 is 0 Å². The zero-order valence-corrected chi connectivity index (χ0v) is 30.4. The topological polar surface area (TPSA) is 161 Å². The van der Waals surface area contributed by atoms with Crippen molar-refractivity contribution in [2.45, 2.75) is 58.0 Å². The standard InChI is InChI=1S/C38H51N7O7/c1-29(42-38(47)31-12-8-13-32(25-31)40-27-35-43-44-37(45(35)2)34-16-17-39-28-41-34)30-11-9-14-33(26-30)52-20-7-5-4-6-18-49-21-23-51-24-22-50-19-10-15-36(46)48-3/h8-9,11-14,16-17,25-26,28-29,40H,4-7,10,15,18-24,27H2,1-3H3,(H,42,47)/t29-/m0/s1. The smallest absolute Gasteiger partial charge is 0.305 e. The summed E-state index contributed by atoms with van der Waals surface area (Å²) in [5, 5.41) is 15.0. The Balaban J connectivity index is 1.06. The van der Waals surface area contributed by atoms with Crippen molar-refractivity contribution in [3.8, 4) is 17.3 Å². The molecule has 1 atom stereocenters. The van der Waals surface area contributed by atoms with E-state index in [2.05, 4.69) is 35.5 Å². The number of nitrogens with zero attached hydrogens (tertiary/aromatic N) is 5. The highest BCUT2D eigenvalue weighted by Crippen LogP contribution is 2.21. The third kappa shape index (κ3) is 14.0. The van der Waals surface area contributed by atoms with Gasteiger partial charge >= 0.3 is 5.97 Å². The minimum Gasteiger partial charge on any atom is -0.494 e. The number of carbonyl (C=O) groups excluding carboxylic acids is 2. The number of benzene rings is 2. The van der Waals surface area contributed by atoms with Crippen molar-refractivity contribution in [1.82, 2.24) is 30.0 Å². The van der Waals surface area contributed by atoms with Gasteiger partial charge < -0.3 is 38.9 Å². The molecule has 0 fully saturated rings. The predicted octanol–water partition coefficient (Wildman–Crippen LogP) is 5.32. The van der Waals surface area contributed by atoms with Gasteiger partial charge in [-0.05, 0) is 74.6 Å². The largest absolute Gasteiger partial charge is 0.494 e. The Labute approximate surface area is 305 Å². The van der Waals surface area contributed by atoms with Gasteiger partial charge in [0.05, 0.1) is 52.7 Å². The second-order valence-corrected chi connectivity index (χ2v) is 12.1. The third-order valence-electron chi connectivity index (χ3n) is 8.15. The first kappa shape index (κ1) is 39.9. The molecule has 2 aromatic heterocycles. The Morgan fingerprint density at radius 1 is 0.827 bits per heavy atom. The molecule has 4 rings (SSSR count). The predicted molar refractivity (Wildman–Crippen MR) is 196 cm³/mol. The Hall–Kier alpha value is -4.92. The van der Waals surface area contributed by atoms with Gasteiger partial charge in [-0.3, -0.25) is 9.59 Å². The number of rotatable bonds is 25. The van der Waals surface area contributed by atoms with E-state index in [0.29, 0.717) is 82.7 Å². The Kier molecular flexibility index (Phi) is 17.5. The van der Waals surface area contributed by atoms with Crippen LogP contribution in [-0.2, 0) is 37.3 Å². The third-order valence-corrected chi connectivity index (χ3v) is 8.15. The number of ether oxygens (including phenoxy) is 5. The molecular weight excluding hydrogens is 666 g/mol. The van der Waals surface area contributed by atoms with Crippen LogP contribution in [0.1, 0.15) is 73.2 Å². The van der Waals surface area contributed by atoms with Gasteiger partial charge in [-0.15, -0.1) is 10.2 Å². The van der Waals surface area contributed by atoms with E-state index in [1.165, 1.54) is 13.4 Å². The Bertz CT molecular complexity index is 1640. The number of nitrogens with one attached hydrogen (secondary N) is 2. The van der Waals surface area contributed by atoms with Crippen LogP contribution in [0.15, 0.2) is 67.1 Å². The van der Waals surface area contributed by atoms with Crippen LogP contribution in [0, 0.1) is 0 Å². The van der Waals surface area contributed by atoms with E-state index in [0.717, 1.165) is 48.5 Å². The summed E-state index contributed by atoms with van der Waals surface area (Å²) in [7, 11) is 3.27.